The first kappa shape index (κ1) is 18.1. The van der Waals surface area contributed by atoms with Crippen molar-refractivity contribution in [1.82, 2.24) is 4.90 Å². The van der Waals surface area contributed by atoms with Gasteiger partial charge in [-0.05, 0) is 53.1 Å². The van der Waals surface area contributed by atoms with Crippen molar-refractivity contribution in [2.45, 2.75) is 37.2 Å². The molecular weight excluding hydrogens is 351 g/mol. The van der Waals surface area contributed by atoms with Crippen LogP contribution in [-0.2, 0) is 23.0 Å². The fourth-order valence-corrected chi connectivity index (χ4v) is 6.37. The molecule has 0 aromatic heterocycles. The monoisotopic (exact) mass is 380 g/mol. The molecular formula is C24H29FN2O. The molecule has 2 fully saturated rings. The van der Waals surface area contributed by atoms with Gasteiger partial charge >= 0.3 is 0 Å². The Hall–Kier alpha value is -1.91. The van der Waals surface area contributed by atoms with Crippen molar-refractivity contribution in [3.8, 4) is 0 Å². The highest BCUT2D eigenvalue weighted by Crippen LogP contribution is 2.65. The highest BCUT2D eigenvalue weighted by atomic mass is 19.1. The molecule has 1 saturated carbocycles. The Morgan fingerprint density at radius 3 is 2.29 bits per heavy atom. The molecule has 28 heavy (non-hydrogen) atoms. The van der Waals surface area contributed by atoms with Gasteiger partial charge in [0.2, 0.25) is 0 Å². The van der Waals surface area contributed by atoms with E-state index in [0.29, 0.717) is 17.5 Å². The molecule has 0 bridgehead atoms. The van der Waals surface area contributed by atoms with Gasteiger partial charge in [0.25, 0.3) is 0 Å². The summed E-state index contributed by atoms with van der Waals surface area (Å²) in [5.41, 5.74) is 10.4. The van der Waals surface area contributed by atoms with Gasteiger partial charge in [-0.25, -0.2) is 4.39 Å². The first-order valence-corrected chi connectivity index (χ1v) is 10.4. The minimum absolute atomic E-state index is 0.103. The highest BCUT2D eigenvalue weighted by molar-refractivity contribution is 5.48. The van der Waals surface area contributed by atoms with E-state index in [-0.39, 0.29) is 16.8 Å². The molecule has 3 nitrogen and oxygen atoms in total. The number of nitrogens with zero attached hydrogens (tertiary/aromatic N) is 1. The molecule has 2 aromatic carbocycles. The Morgan fingerprint density at radius 2 is 1.75 bits per heavy atom. The quantitative estimate of drug-likeness (QED) is 0.802. The van der Waals surface area contributed by atoms with Crippen molar-refractivity contribution >= 4 is 5.69 Å². The van der Waals surface area contributed by atoms with Crippen LogP contribution in [0, 0.1) is 17.7 Å². The van der Waals surface area contributed by atoms with E-state index in [1.807, 2.05) is 13.2 Å². The average Bonchev–Trinajstić information content (AvgIpc) is 2.97. The number of methoxy groups -OCH3 is 1. The van der Waals surface area contributed by atoms with Gasteiger partial charge in [0.1, 0.15) is 5.82 Å². The van der Waals surface area contributed by atoms with Gasteiger partial charge in [-0.15, -0.1) is 0 Å². The van der Waals surface area contributed by atoms with Crippen LogP contribution in [0.4, 0.5) is 10.1 Å². The van der Waals surface area contributed by atoms with Crippen molar-refractivity contribution in [3.05, 3.63) is 65.0 Å². The number of hydrogen-bond acceptors (Lipinski definition) is 3. The van der Waals surface area contributed by atoms with Crippen molar-refractivity contribution in [3.63, 3.8) is 0 Å². The summed E-state index contributed by atoms with van der Waals surface area (Å²) in [7, 11) is 1.86. The summed E-state index contributed by atoms with van der Waals surface area (Å²) in [5.74, 6) is 0.972. The van der Waals surface area contributed by atoms with E-state index in [0.717, 1.165) is 44.5 Å². The maximum Gasteiger partial charge on any atom is 0.125 e. The van der Waals surface area contributed by atoms with Crippen LogP contribution in [0.5, 0.6) is 0 Å². The van der Waals surface area contributed by atoms with Crippen LogP contribution < -0.4 is 5.73 Å². The predicted molar refractivity (Wildman–Crippen MR) is 110 cm³/mol. The van der Waals surface area contributed by atoms with Crippen molar-refractivity contribution < 1.29 is 9.13 Å². The fourth-order valence-electron chi connectivity index (χ4n) is 6.37. The largest absolute Gasteiger partial charge is 0.399 e. The second-order valence-electron chi connectivity index (χ2n) is 9.08. The summed E-state index contributed by atoms with van der Waals surface area (Å²) in [6, 6.07) is 13.8. The lowest BCUT2D eigenvalue weighted by Gasteiger charge is -2.35. The van der Waals surface area contributed by atoms with Crippen LogP contribution in [0.3, 0.4) is 0 Å². The first-order chi connectivity index (χ1) is 13.5. The standard InChI is InChI=1S/C24H29FN2O/c1-3-24(18-8-19(25)10-20(26)9-18)21-13-27(14-22(21)24)15-23(28-2)11-16-6-4-5-7-17(16)12-23/h4-10,21-22H,3,11-15,26H2,1-2H3/t21-,22+,24?. The zero-order valence-electron chi connectivity index (χ0n) is 16.7. The minimum atomic E-state index is -0.216. The van der Waals surface area contributed by atoms with E-state index < -0.39 is 0 Å². The second-order valence-corrected chi connectivity index (χ2v) is 9.08. The number of nitrogens with two attached hydrogens (primary N) is 1. The van der Waals surface area contributed by atoms with Crippen molar-refractivity contribution in [1.29, 1.82) is 0 Å². The van der Waals surface area contributed by atoms with Crippen LogP contribution in [0.2, 0.25) is 0 Å². The lowest BCUT2D eigenvalue weighted by molar-refractivity contribution is -0.0276. The maximum atomic E-state index is 14.0. The Kier molecular flexibility index (Phi) is 4.08. The molecule has 1 aliphatic heterocycles. The van der Waals surface area contributed by atoms with Gasteiger partial charge in [0, 0.05) is 50.7 Å². The molecule has 1 unspecified atom stereocenters. The number of fused-ring (bicyclic) bond motifs is 2. The van der Waals surface area contributed by atoms with Crippen LogP contribution in [-0.4, -0.2) is 37.2 Å². The van der Waals surface area contributed by atoms with Gasteiger partial charge < -0.3 is 10.5 Å². The summed E-state index contributed by atoms with van der Waals surface area (Å²) in [4.78, 5) is 2.57. The Bertz CT molecular complexity index is 854. The average molecular weight is 381 g/mol. The zero-order chi connectivity index (χ0) is 19.5. The molecule has 1 heterocycles. The molecule has 0 amide bonds. The van der Waals surface area contributed by atoms with Gasteiger partial charge in [0.05, 0.1) is 5.60 Å². The van der Waals surface area contributed by atoms with Crippen LogP contribution in [0.15, 0.2) is 42.5 Å². The summed E-state index contributed by atoms with van der Waals surface area (Å²) in [6.07, 6.45) is 3.02. The number of benzene rings is 2. The summed E-state index contributed by atoms with van der Waals surface area (Å²) in [5, 5.41) is 0. The fraction of sp³-hybridized carbons (Fsp3) is 0.500. The van der Waals surface area contributed by atoms with Crippen LogP contribution >= 0.6 is 0 Å². The van der Waals surface area contributed by atoms with E-state index in [2.05, 4.69) is 36.1 Å². The molecule has 4 heteroatoms. The molecule has 0 spiro atoms. The second kappa shape index (κ2) is 6.30. The lowest BCUT2D eigenvalue weighted by atomic mass is 9.87. The van der Waals surface area contributed by atoms with Gasteiger partial charge in [-0.3, -0.25) is 4.90 Å². The number of piperidine rings is 1. The van der Waals surface area contributed by atoms with E-state index in [1.165, 1.54) is 17.2 Å². The van der Waals surface area contributed by atoms with E-state index in [4.69, 9.17) is 10.5 Å². The summed E-state index contributed by atoms with van der Waals surface area (Å²) in [6.45, 7) is 5.33. The van der Waals surface area contributed by atoms with E-state index in [9.17, 15) is 4.39 Å². The number of nitrogen functional groups attached to an aromatic ring is 1. The SMILES string of the molecule is CCC1(c2cc(N)cc(F)c2)[C@@H]2CN(CC3(OC)Cc4ccccc4C3)C[C@@H]21. The summed E-state index contributed by atoms with van der Waals surface area (Å²) < 4.78 is 20.0. The topological polar surface area (TPSA) is 38.5 Å². The first-order valence-electron chi connectivity index (χ1n) is 10.4. The zero-order valence-corrected chi connectivity index (χ0v) is 16.7. The number of anilines is 1. The molecule has 5 rings (SSSR count). The third-order valence-corrected chi connectivity index (χ3v) is 7.74. The predicted octanol–water partition coefficient (Wildman–Crippen LogP) is 3.80. The normalized spacial score (nSPS) is 30.2. The van der Waals surface area contributed by atoms with E-state index in [1.54, 1.807) is 6.07 Å². The van der Waals surface area contributed by atoms with Crippen LogP contribution in [0.25, 0.3) is 0 Å². The molecule has 2 N–H and O–H groups in total. The Morgan fingerprint density at radius 1 is 1.11 bits per heavy atom. The molecule has 148 valence electrons. The lowest BCUT2D eigenvalue weighted by Crippen LogP contribution is -2.46. The molecule has 3 atom stereocenters. The van der Waals surface area contributed by atoms with E-state index >= 15 is 0 Å². The molecule has 0 radical (unpaired) electrons. The van der Waals surface area contributed by atoms with Gasteiger partial charge in [-0.2, -0.15) is 0 Å². The van der Waals surface area contributed by atoms with Crippen molar-refractivity contribution in [2.75, 3.05) is 32.5 Å². The Balaban J connectivity index is 1.31. The van der Waals surface area contributed by atoms with Crippen LogP contribution in [0.1, 0.15) is 30.0 Å². The third-order valence-electron chi connectivity index (χ3n) is 7.74. The van der Waals surface area contributed by atoms with Gasteiger partial charge in [0.15, 0.2) is 0 Å². The maximum absolute atomic E-state index is 14.0. The van der Waals surface area contributed by atoms with Gasteiger partial charge in [-0.1, -0.05) is 31.2 Å². The molecule has 2 aliphatic carbocycles. The number of rotatable bonds is 5. The third kappa shape index (κ3) is 2.61. The number of hydrogen-bond donors (Lipinski definition) is 1. The molecule has 1 saturated heterocycles. The number of ether oxygens (including phenoxy) is 1. The number of halogens is 1. The highest BCUT2D eigenvalue weighted by Gasteiger charge is 2.67. The number of likely N-dealkylation sites (tertiary alicyclic amines) is 1. The summed E-state index contributed by atoms with van der Waals surface area (Å²) >= 11 is 0. The molecule has 2 aromatic rings. The minimum Gasteiger partial charge on any atom is -0.399 e. The Labute approximate surface area is 166 Å². The van der Waals surface area contributed by atoms with Crippen molar-refractivity contribution in [2.24, 2.45) is 11.8 Å². The molecule has 3 aliphatic rings. The smallest absolute Gasteiger partial charge is 0.125 e.